The van der Waals surface area contributed by atoms with E-state index in [0.29, 0.717) is 18.5 Å². The molecule has 3 aromatic carbocycles. The zero-order valence-electron chi connectivity index (χ0n) is 28.1. The molecule has 0 saturated carbocycles. The predicted octanol–water partition coefficient (Wildman–Crippen LogP) is -1.49. The number of amides is 5. The van der Waals surface area contributed by atoms with Gasteiger partial charge >= 0.3 is 5.96 Å². The van der Waals surface area contributed by atoms with Gasteiger partial charge in [0.05, 0.1) is 13.1 Å². The van der Waals surface area contributed by atoms with Gasteiger partial charge in [-0.1, -0.05) is 54.6 Å². The second kappa shape index (κ2) is 20.4. The fourth-order valence-corrected chi connectivity index (χ4v) is 5.19. The normalized spacial score (nSPS) is 18.7. The number of guanidine groups is 1. The topological polar surface area (TPSA) is 223 Å². The van der Waals surface area contributed by atoms with Crippen molar-refractivity contribution in [2.45, 2.75) is 50.7 Å². The fraction of sp³-hybridized carbons (Fsp3) is 0.314. The van der Waals surface area contributed by atoms with Crippen molar-refractivity contribution in [3.05, 3.63) is 91.3 Å². The quantitative estimate of drug-likeness (QED) is 0.0576. The van der Waals surface area contributed by atoms with Crippen LogP contribution in [0.25, 0.3) is 10.8 Å². The molecule has 50 heavy (non-hydrogen) atoms. The minimum Gasteiger partial charge on any atom is -0.508 e. The third-order valence-corrected chi connectivity index (χ3v) is 7.61. The summed E-state index contributed by atoms with van der Waals surface area (Å²) in [6.45, 7) is 5.84. The number of fused-ring (bicyclic) bond motifs is 1. The van der Waals surface area contributed by atoms with Gasteiger partial charge in [0.15, 0.2) is 0 Å². The van der Waals surface area contributed by atoms with Gasteiger partial charge in [-0.2, -0.15) is 6.92 Å². The van der Waals surface area contributed by atoms with E-state index in [2.05, 4.69) is 33.2 Å². The smallest absolute Gasteiger partial charge is 0.338 e. The second-order valence-corrected chi connectivity index (χ2v) is 11.3. The minimum absolute atomic E-state index is 0. The minimum atomic E-state index is -1.11. The van der Waals surface area contributed by atoms with Crippen molar-refractivity contribution in [2.24, 2.45) is 11.5 Å². The number of likely N-dealkylation sites (N-methyl/N-ethyl adjacent to an activating group) is 1. The van der Waals surface area contributed by atoms with Crippen molar-refractivity contribution in [3.8, 4) is 5.75 Å². The Balaban J connectivity index is 0.00000284. The molecule has 0 aromatic heterocycles. The van der Waals surface area contributed by atoms with Crippen LogP contribution >= 0.6 is 0 Å². The van der Waals surface area contributed by atoms with E-state index in [1.807, 2.05) is 42.5 Å². The van der Waals surface area contributed by atoms with Crippen LogP contribution in [0.2, 0.25) is 0 Å². The first-order chi connectivity index (χ1) is 23.5. The first-order valence-electron chi connectivity index (χ1n) is 15.9. The van der Waals surface area contributed by atoms with Crippen LogP contribution < -0.4 is 37.7 Å². The summed E-state index contributed by atoms with van der Waals surface area (Å²) in [6.07, 6.45) is 0.665. The Bertz CT molecular complexity index is 1650. The zero-order valence-corrected chi connectivity index (χ0v) is 30.8. The predicted molar refractivity (Wildman–Crippen MR) is 185 cm³/mol. The van der Waals surface area contributed by atoms with E-state index in [0.717, 1.165) is 27.8 Å². The summed E-state index contributed by atoms with van der Waals surface area (Å²) < 4.78 is 0. The van der Waals surface area contributed by atoms with E-state index in [1.165, 1.54) is 19.2 Å². The summed E-state index contributed by atoms with van der Waals surface area (Å²) >= 11 is 0. The third kappa shape index (κ3) is 12.7. The van der Waals surface area contributed by atoms with E-state index in [-0.39, 0.29) is 51.4 Å². The van der Waals surface area contributed by atoms with Crippen molar-refractivity contribution >= 4 is 46.3 Å². The van der Waals surface area contributed by atoms with Crippen LogP contribution in [0, 0.1) is 13.5 Å². The van der Waals surface area contributed by atoms with E-state index in [1.54, 1.807) is 19.1 Å². The Morgan fingerprint density at radius 3 is 2.18 bits per heavy atom. The second-order valence-electron chi connectivity index (χ2n) is 11.3. The molecule has 10 N–H and O–H groups in total. The molecule has 3 aromatic rings. The number of nitrogens with zero attached hydrogens (tertiary/aromatic N) is 1. The summed E-state index contributed by atoms with van der Waals surface area (Å²) in [5.74, 6) is -3.22. The number of aromatic hydroxyl groups is 1. The number of hydrogen-bond donors (Lipinski definition) is 8. The zero-order chi connectivity index (χ0) is 35.9. The monoisotopic (exact) mass is 860 g/mol. The van der Waals surface area contributed by atoms with Gasteiger partial charge in [0.25, 0.3) is 0 Å². The van der Waals surface area contributed by atoms with Gasteiger partial charge in [0, 0.05) is 33.3 Å². The molecule has 1 heterocycles. The number of rotatable bonds is 8. The molecule has 1 radical (unpaired) electrons. The fourth-order valence-electron chi connectivity index (χ4n) is 5.19. The Hall–Kier alpha value is -5.13. The molecule has 3 unspecified atom stereocenters. The summed E-state index contributed by atoms with van der Waals surface area (Å²) in [4.78, 5) is 70.4. The van der Waals surface area contributed by atoms with Crippen molar-refractivity contribution in [2.75, 3.05) is 20.1 Å². The summed E-state index contributed by atoms with van der Waals surface area (Å²) in [7, 11) is 1.36. The molecule has 1 aliphatic rings. The maximum atomic E-state index is 13.6. The van der Waals surface area contributed by atoms with E-state index < -0.39 is 54.2 Å². The van der Waals surface area contributed by atoms with Crippen molar-refractivity contribution in [1.82, 2.24) is 26.2 Å². The Labute approximate surface area is 305 Å². The SMILES string of the molecule is CN1[CH-]C(=O)NC(CCC[NH+]=C(N)N)C(=O)NC(Cc2ccc3ccccc3c2)C(=O)NCC(=O)NC(Cc2ccc(O)cc2)C1=O.[CH2-]C.[Re]. The van der Waals surface area contributed by atoms with Crippen LogP contribution in [-0.4, -0.2) is 83.8 Å². The van der Waals surface area contributed by atoms with E-state index >= 15 is 0 Å². The van der Waals surface area contributed by atoms with E-state index in [9.17, 15) is 29.1 Å². The molecular weight excluding hydrogens is 815 g/mol. The molecule has 269 valence electrons. The summed E-state index contributed by atoms with van der Waals surface area (Å²) in [5.41, 5.74) is 12.3. The van der Waals surface area contributed by atoms with Crippen LogP contribution in [0.1, 0.15) is 30.9 Å². The van der Waals surface area contributed by atoms with Gasteiger partial charge in [-0.25, -0.2) is 6.54 Å². The first kappa shape index (κ1) is 41.0. The Kier molecular flexibility index (Phi) is 16.7. The van der Waals surface area contributed by atoms with Crippen LogP contribution in [0.4, 0.5) is 0 Å². The Morgan fingerprint density at radius 1 is 0.860 bits per heavy atom. The van der Waals surface area contributed by atoms with Gasteiger partial charge in [-0.05, 0) is 53.9 Å². The Morgan fingerprint density at radius 2 is 1.50 bits per heavy atom. The van der Waals surface area contributed by atoms with Crippen molar-refractivity contribution < 1.29 is 54.5 Å². The molecule has 14 nitrogen and oxygen atoms in total. The average Bonchev–Trinajstić information content (AvgIpc) is 3.08. The number of phenols is 1. The first-order valence-corrected chi connectivity index (χ1v) is 15.9. The molecule has 0 aliphatic carbocycles. The number of carbonyl (C=O) groups excluding carboxylic acids is 5. The number of nitrogens with two attached hydrogens (primary N) is 2. The molecule has 5 amide bonds. The van der Waals surface area contributed by atoms with Gasteiger partial charge in [0.1, 0.15) is 29.8 Å². The van der Waals surface area contributed by atoms with Gasteiger partial charge in [-0.3, -0.25) is 35.6 Å². The summed E-state index contributed by atoms with van der Waals surface area (Å²) in [6, 6.07) is 16.2. The molecule has 3 atom stereocenters. The molecule has 0 bridgehead atoms. The maximum absolute atomic E-state index is 13.6. The molecule has 0 spiro atoms. The number of benzene rings is 3. The molecule has 1 fully saturated rings. The van der Waals surface area contributed by atoms with Crippen LogP contribution in [0.5, 0.6) is 5.75 Å². The average molecular weight is 860 g/mol. The largest absolute Gasteiger partial charge is 0.508 e. The molecule has 1 aliphatic heterocycles. The van der Waals surface area contributed by atoms with Gasteiger partial charge < -0.3 is 43.0 Å². The maximum Gasteiger partial charge on any atom is 0.338 e. The van der Waals surface area contributed by atoms with Crippen LogP contribution in [0.15, 0.2) is 66.7 Å². The molecular formula is C35H45N8O6Re-. The summed E-state index contributed by atoms with van der Waals surface area (Å²) in [5, 5.41) is 22.2. The van der Waals surface area contributed by atoms with Gasteiger partial charge in [-0.15, -0.1) is 0 Å². The van der Waals surface area contributed by atoms with E-state index in [4.69, 9.17) is 11.5 Å². The molecule has 4 rings (SSSR count). The molecule has 15 heteroatoms. The van der Waals surface area contributed by atoms with Crippen molar-refractivity contribution in [3.63, 3.8) is 0 Å². The van der Waals surface area contributed by atoms with Gasteiger partial charge in [0.2, 0.25) is 23.6 Å². The van der Waals surface area contributed by atoms with Crippen molar-refractivity contribution in [1.29, 1.82) is 0 Å². The molecule has 1 saturated heterocycles. The number of nitrogens with one attached hydrogen (secondary N) is 5. The standard InChI is InChI=1S/C33H39N8O6.C2H5.Re/c1-41-19-29(44)38-25(7-4-14-36-33(34)35)31(46)40-26(17-21-8-11-22-5-2-3-6-23(22)15-21)30(45)37-18-28(43)39-27(32(41)47)16-20-9-12-24(42)13-10-20;1-2;/h2-3,5-6,8-13,15,19,25-27,42H,4,7,14,16-18H2,1H3,(H,37,45)(H,38,44)(H,39,43)(H,40,46)(H4,34,35,36);1H2,2H3;/q2*-1;/p+1. The number of hydrogen-bond acceptors (Lipinski definition) is 6. The van der Waals surface area contributed by atoms with Crippen LogP contribution in [-0.2, 0) is 57.2 Å². The van der Waals surface area contributed by atoms with Crippen LogP contribution in [0.3, 0.4) is 0 Å². The number of phenolic OH excluding ortho intramolecular Hbond substituents is 1. The third-order valence-electron chi connectivity index (χ3n) is 7.61. The number of carbonyl (C=O) groups is 5.